The number of hydrogen-bond donors (Lipinski definition) is 1. The number of aromatic carboxylic acids is 1. The van der Waals surface area contributed by atoms with Crippen molar-refractivity contribution in [2.24, 2.45) is 0 Å². The molecule has 0 unspecified atom stereocenters. The number of hydrogen-bond acceptors (Lipinski definition) is 3. The van der Waals surface area contributed by atoms with Gasteiger partial charge in [-0.1, -0.05) is 17.7 Å². The molecule has 0 radical (unpaired) electrons. The van der Waals surface area contributed by atoms with E-state index in [0.29, 0.717) is 11.6 Å². The van der Waals surface area contributed by atoms with Gasteiger partial charge in [0.15, 0.2) is 0 Å². The van der Waals surface area contributed by atoms with E-state index < -0.39 is 5.97 Å². The van der Waals surface area contributed by atoms with E-state index in [1.54, 1.807) is 0 Å². The van der Waals surface area contributed by atoms with Gasteiger partial charge >= 0.3 is 5.97 Å². The Kier molecular flexibility index (Phi) is 2.66. The highest BCUT2D eigenvalue weighted by atomic mass is 16.4. The van der Waals surface area contributed by atoms with Crippen molar-refractivity contribution in [3.8, 4) is 11.5 Å². The first-order chi connectivity index (χ1) is 9.06. The Morgan fingerprint density at radius 3 is 2.74 bits per heavy atom. The Morgan fingerprint density at radius 1 is 1.37 bits per heavy atom. The van der Waals surface area contributed by atoms with Crippen LogP contribution in [0.4, 0.5) is 0 Å². The number of carboxylic acid groups (broad SMARTS) is 1. The zero-order valence-electron chi connectivity index (χ0n) is 10.9. The number of rotatable bonds is 3. The minimum absolute atomic E-state index is 0.00148. The fourth-order valence-corrected chi connectivity index (χ4v) is 2.20. The smallest absolute Gasteiger partial charge is 0.373 e. The van der Waals surface area contributed by atoms with Gasteiger partial charge in [0.1, 0.15) is 0 Å². The van der Waals surface area contributed by atoms with Crippen molar-refractivity contribution in [1.82, 2.24) is 4.98 Å². The van der Waals surface area contributed by atoms with E-state index in [-0.39, 0.29) is 11.7 Å². The van der Waals surface area contributed by atoms with Gasteiger partial charge in [-0.15, -0.1) is 0 Å². The molecule has 0 spiro atoms. The molecule has 0 aliphatic heterocycles. The lowest BCUT2D eigenvalue weighted by atomic mass is 10.1. The number of benzene rings is 1. The molecule has 19 heavy (non-hydrogen) atoms. The molecule has 0 saturated heterocycles. The summed E-state index contributed by atoms with van der Waals surface area (Å²) in [6.07, 6.45) is 2.00. The average Bonchev–Trinajstić information content (AvgIpc) is 3.11. The third-order valence-corrected chi connectivity index (χ3v) is 3.44. The second-order valence-corrected chi connectivity index (χ2v) is 5.13. The molecule has 4 nitrogen and oxygen atoms in total. The molecule has 98 valence electrons. The first-order valence-corrected chi connectivity index (χ1v) is 6.38. The Hall–Kier alpha value is -2.10. The molecule has 0 bridgehead atoms. The van der Waals surface area contributed by atoms with Gasteiger partial charge in [0.2, 0.25) is 11.7 Å². The summed E-state index contributed by atoms with van der Waals surface area (Å²) < 4.78 is 5.49. The number of oxazole rings is 1. The average molecular weight is 257 g/mol. The van der Waals surface area contributed by atoms with Crippen LogP contribution in [0.1, 0.15) is 46.1 Å². The fraction of sp³-hybridized carbons (Fsp3) is 0.333. The number of carboxylic acids is 1. The standard InChI is InChI=1S/C15H15NO3/c1-8-3-4-9(2)11(7-8)14-16-12(10-5-6-10)13(19-14)15(17)18/h3-4,7,10H,5-6H2,1-2H3,(H,17,18). The molecule has 4 heteroatoms. The van der Waals surface area contributed by atoms with Crippen LogP contribution in [0.25, 0.3) is 11.5 Å². The summed E-state index contributed by atoms with van der Waals surface area (Å²) in [5.41, 5.74) is 3.60. The molecule has 0 atom stereocenters. The van der Waals surface area contributed by atoms with Crippen LogP contribution in [0.5, 0.6) is 0 Å². The maximum atomic E-state index is 11.2. The molecular formula is C15H15NO3. The van der Waals surface area contributed by atoms with Gasteiger partial charge < -0.3 is 9.52 Å². The fourth-order valence-electron chi connectivity index (χ4n) is 2.20. The SMILES string of the molecule is Cc1ccc(C)c(-c2nc(C3CC3)c(C(=O)O)o2)c1. The van der Waals surface area contributed by atoms with E-state index in [4.69, 9.17) is 4.42 Å². The van der Waals surface area contributed by atoms with E-state index in [9.17, 15) is 9.90 Å². The molecule has 1 N–H and O–H groups in total. The number of aryl methyl sites for hydroxylation is 2. The third kappa shape index (κ3) is 2.14. The second-order valence-electron chi connectivity index (χ2n) is 5.13. The third-order valence-electron chi connectivity index (χ3n) is 3.44. The molecule has 1 aromatic carbocycles. The Balaban J connectivity index is 2.12. The van der Waals surface area contributed by atoms with Gasteiger partial charge in [0.25, 0.3) is 0 Å². The van der Waals surface area contributed by atoms with Crippen molar-refractivity contribution in [3.05, 3.63) is 40.8 Å². The van der Waals surface area contributed by atoms with Crippen molar-refractivity contribution in [1.29, 1.82) is 0 Å². The monoisotopic (exact) mass is 257 g/mol. The largest absolute Gasteiger partial charge is 0.475 e. The number of carbonyl (C=O) groups is 1. The topological polar surface area (TPSA) is 63.3 Å². The highest BCUT2D eigenvalue weighted by molar-refractivity contribution is 5.86. The lowest BCUT2D eigenvalue weighted by Gasteiger charge is -2.02. The predicted molar refractivity (Wildman–Crippen MR) is 70.3 cm³/mol. The summed E-state index contributed by atoms with van der Waals surface area (Å²) >= 11 is 0. The first-order valence-electron chi connectivity index (χ1n) is 6.38. The molecule has 1 aromatic heterocycles. The van der Waals surface area contributed by atoms with Crippen molar-refractivity contribution in [3.63, 3.8) is 0 Å². The molecule has 1 fully saturated rings. The van der Waals surface area contributed by atoms with Crippen LogP contribution in [0.15, 0.2) is 22.6 Å². The predicted octanol–water partition coefficient (Wildman–Crippen LogP) is 3.53. The van der Waals surface area contributed by atoms with E-state index in [1.165, 1.54) is 0 Å². The van der Waals surface area contributed by atoms with Crippen LogP contribution in [-0.4, -0.2) is 16.1 Å². The van der Waals surface area contributed by atoms with Crippen molar-refractivity contribution in [2.75, 3.05) is 0 Å². The maximum Gasteiger partial charge on any atom is 0.373 e. The molecule has 1 aliphatic carbocycles. The van der Waals surface area contributed by atoms with Gasteiger partial charge in [-0.05, 0) is 38.3 Å². The van der Waals surface area contributed by atoms with Crippen LogP contribution in [0.3, 0.4) is 0 Å². The summed E-state index contributed by atoms with van der Waals surface area (Å²) in [5.74, 6) is -0.362. The lowest BCUT2D eigenvalue weighted by molar-refractivity contribution is 0.0661. The minimum Gasteiger partial charge on any atom is -0.475 e. The molecule has 1 heterocycles. The molecular weight excluding hydrogens is 242 g/mol. The van der Waals surface area contributed by atoms with Crippen LogP contribution in [0, 0.1) is 13.8 Å². The molecule has 0 amide bonds. The normalized spacial score (nSPS) is 14.6. The van der Waals surface area contributed by atoms with Crippen LogP contribution < -0.4 is 0 Å². The van der Waals surface area contributed by atoms with Gasteiger partial charge in [-0.2, -0.15) is 0 Å². The van der Waals surface area contributed by atoms with E-state index in [2.05, 4.69) is 4.98 Å². The Bertz CT molecular complexity index is 653. The summed E-state index contributed by atoms with van der Waals surface area (Å²) in [6, 6.07) is 5.98. The highest BCUT2D eigenvalue weighted by Crippen LogP contribution is 2.42. The summed E-state index contributed by atoms with van der Waals surface area (Å²) in [4.78, 5) is 15.6. The van der Waals surface area contributed by atoms with E-state index >= 15 is 0 Å². The second kappa shape index (κ2) is 4.23. The van der Waals surface area contributed by atoms with Crippen LogP contribution >= 0.6 is 0 Å². The highest BCUT2D eigenvalue weighted by Gasteiger charge is 2.33. The Labute approximate surface area is 111 Å². The number of aromatic nitrogens is 1. The quantitative estimate of drug-likeness (QED) is 0.913. The zero-order valence-corrected chi connectivity index (χ0v) is 10.9. The van der Waals surface area contributed by atoms with Gasteiger partial charge in [0, 0.05) is 11.5 Å². The van der Waals surface area contributed by atoms with Gasteiger partial charge in [-0.25, -0.2) is 9.78 Å². The van der Waals surface area contributed by atoms with Crippen molar-refractivity contribution in [2.45, 2.75) is 32.6 Å². The summed E-state index contributed by atoms with van der Waals surface area (Å²) in [5, 5.41) is 9.19. The molecule has 2 aromatic rings. The summed E-state index contributed by atoms with van der Waals surface area (Å²) in [7, 11) is 0. The lowest BCUT2D eigenvalue weighted by Crippen LogP contribution is -1.98. The van der Waals surface area contributed by atoms with Crippen LogP contribution in [-0.2, 0) is 0 Å². The minimum atomic E-state index is -1.04. The van der Waals surface area contributed by atoms with Gasteiger partial charge in [0.05, 0.1) is 5.69 Å². The maximum absolute atomic E-state index is 11.2. The van der Waals surface area contributed by atoms with Crippen LogP contribution in [0.2, 0.25) is 0 Å². The van der Waals surface area contributed by atoms with Crippen molar-refractivity contribution < 1.29 is 14.3 Å². The molecule has 1 aliphatic rings. The van der Waals surface area contributed by atoms with Crippen molar-refractivity contribution >= 4 is 5.97 Å². The van der Waals surface area contributed by atoms with E-state index in [1.807, 2.05) is 32.0 Å². The number of nitrogens with zero attached hydrogens (tertiary/aromatic N) is 1. The zero-order chi connectivity index (χ0) is 13.6. The Morgan fingerprint density at radius 2 is 2.11 bits per heavy atom. The summed E-state index contributed by atoms with van der Waals surface area (Å²) in [6.45, 7) is 3.96. The van der Waals surface area contributed by atoms with E-state index in [0.717, 1.165) is 29.5 Å². The molecule has 1 saturated carbocycles. The van der Waals surface area contributed by atoms with Gasteiger partial charge in [-0.3, -0.25) is 0 Å². The molecule has 3 rings (SSSR count). The first kappa shape index (κ1) is 12.0.